The molecule has 0 atom stereocenters. The molecule has 0 aromatic heterocycles. The second kappa shape index (κ2) is 132. The summed E-state index contributed by atoms with van der Waals surface area (Å²) < 4.78 is 0. The molecule has 0 amide bonds. The van der Waals surface area contributed by atoms with E-state index in [9.17, 15) is 0 Å². The van der Waals surface area contributed by atoms with Crippen LogP contribution in [0.1, 0.15) is 0 Å². The minimum absolute atomic E-state index is 0. The molecular weight excluding hydrogens is 419 g/mol. The van der Waals surface area contributed by atoms with Gasteiger partial charge in [-0.25, -0.2) is 0 Å². The molecular formula is BaNb2O6. The van der Waals surface area contributed by atoms with E-state index in [0.717, 1.165) is 0 Å². The fourth-order valence-electron chi connectivity index (χ4n) is 0. The van der Waals surface area contributed by atoms with Gasteiger partial charge in [-0.05, 0) is 0 Å². The van der Waals surface area contributed by atoms with Gasteiger partial charge in [0.15, 0.2) is 0 Å². The first kappa shape index (κ1) is 175. The van der Waals surface area contributed by atoms with Crippen LogP contribution in [0.2, 0.25) is 0 Å². The van der Waals surface area contributed by atoms with Gasteiger partial charge in [0.1, 0.15) is 0 Å². The zero-order chi connectivity index (χ0) is 0. The van der Waals surface area contributed by atoms with Crippen LogP contribution in [0.5, 0.6) is 0 Å². The average Bonchev–Trinajstić information content (AvgIpc) is 0. The average molecular weight is 419 g/mol. The quantitative estimate of drug-likeness (QED) is 0.435. The predicted octanol–water partition coefficient (Wildman–Crippen LogP) is -1.10. The van der Waals surface area contributed by atoms with Crippen molar-refractivity contribution in [2.45, 2.75) is 0 Å². The predicted molar refractivity (Wildman–Crippen MR) is 9.87 cm³/mol. The molecule has 9 heavy (non-hydrogen) atoms. The van der Waals surface area contributed by atoms with Gasteiger partial charge in [-0.15, -0.1) is 0 Å². The maximum absolute atomic E-state index is 0. The Kier molecular flexibility index (Phi) is 2550. The molecule has 0 aliphatic heterocycles. The van der Waals surface area contributed by atoms with Crippen molar-refractivity contribution >= 4 is 48.9 Å². The minimum Gasteiger partial charge on any atom is -2.00 e. The Morgan fingerprint density at radius 1 is 0.333 bits per heavy atom. The second-order valence-corrected chi connectivity index (χ2v) is 0. The molecule has 0 aliphatic carbocycles. The van der Waals surface area contributed by atoms with Crippen molar-refractivity contribution in [1.29, 1.82) is 0 Å². The molecule has 0 saturated carbocycles. The first-order valence-electron chi connectivity index (χ1n) is 0. The van der Waals surface area contributed by atoms with Gasteiger partial charge in [0.2, 0.25) is 0 Å². The second-order valence-electron chi connectivity index (χ2n) is 0. The Hall–Kier alpha value is 2.81. The zero-order valence-corrected chi connectivity index (χ0v) is 12.9. The summed E-state index contributed by atoms with van der Waals surface area (Å²) in [5, 5.41) is 0. The molecule has 0 rings (SSSR count). The van der Waals surface area contributed by atoms with Gasteiger partial charge in [-0.2, -0.15) is 0 Å². The summed E-state index contributed by atoms with van der Waals surface area (Å²) in [6, 6.07) is 0. The number of rotatable bonds is 0. The summed E-state index contributed by atoms with van der Waals surface area (Å²) in [6.45, 7) is 0. The van der Waals surface area contributed by atoms with Crippen molar-refractivity contribution in [2.75, 3.05) is 0 Å². The van der Waals surface area contributed by atoms with E-state index >= 15 is 0 Å². The third-order valence-corrected chi connectivity index (χ3v) is 0. The summed E-state index contributed by atoms with van der Waals surface area (Å²) in [4.78, 5) is 0. The summed E-state index contributed by atoms with van der Waals surface area (Å²) >= 11 is 0. The largest absolute Gasteiger partial charge is 5.00 e. The molecule has 0 aliphatic rings. The van der Waals surface area contributed by atoms with Crippen LogP contribution in [0.25, 0.3) is 0 Å². The van der Waals surface area contributed by atoms with Crippen molar-refractivity contribution in [2.24, 2.45) is 0 Å². The van der Waals surface area contributed by atoms with Crippen LogP contribution < -0.4 is 0 Å². The maximum Gasteiger partial charge on any atom is 5.00 e. The van der Waals surface area contributed by atoms with E-state index in [-0.39, 0.29) is 126 Å². The molecule has 0 N–H and O–H groups in total. The first-order chi connectivity index (χ1) is 0. The van der Waals surface area contributed by atoms with Gasteiger partial charge in [0.25, 0.3) is 0 Å². The molecule has 0 fully saturated rings. The van der Waals surface area contributed by atoms with E-state index in [1.165, 1.54) is 0 Å². The zero-order valence-electron chi connectivity index (χ0n) is 4.05. The van der Waals surface area contributed by atoms with Crippen molar-refractivity contribution in [3.05, 3.63) is 0 Å². The van der Waals surface area contributed by atoms with Gasteiger partial charge in [-0.1, -0.05) is 0 Å². The molecule has 0 unspecified atom stereocenters. The minimum atomic E-state index is 0. The van der Waals surface area contributed by atoms with Crippen LogP contribution in [0.15, 0.2) is 0 Å². The third kappa shape index (κ3) is 106. The summed E-state index contributed by atoms with van der Waals surface area (Å²) in [5.41, 5.74) is 0. The van der Waals surface area contributed by atoms with Crippen LogP contribution in [0.4, 0.5) is 0 Å². The van der Waals surface area contributed by atoms with Gasteiger partial charge in [0.05, 0.1) is 0 Å². The monoisotopic (exact) mass is 420 g/mol. The Morgan fingerprint density at radius 2 is 0.333 bits per heavy atom. The fraction of sp³-hybridized carbons (Fsp3) is 0. The van der Waals surface area contributed by atoms with Gasteiger partial charge in [0, 0.05) is 0 Å². The van der Waals surface area contributed by atoms with E-state index in [1.54, 1.807) is 0 Å². The topological polar surface area (TPSA) is 171 Å². The van der Waals surface area contributed by atoms with Crippen LogP contribution in [-0.2, 0) is 77.6 Å². The van der Waals surface area contributed by atoms with Crippen LogP contribution in [0.3, 0.4) is 0 Å². The Labute approximate surface area is 124 Å². The summed E-state index contributed by atoms with van der Waals surface area (Å²) in [5.74, 6) is 0. The molecule has 48 valence electrons. The normalized spacial score (nSPS) is 0. The van der Waals surface area contributed by atoms with Gasteiger partial charge in [-0.3, -0.25) is 0 Å². The Balaban J connectivity index is 0. The maximum atomic E-state index is 0. The van der Waals surface area contributed by atoms with E-state index < -0.39 is 0 Å². The van der Waals surface area contributed by atoms with Crippen LogP contribution >= 0.6 is 0 Å². The molecule has 0 aromatic carbocycles. The van der Waals surface area contributed by atoms with Crippen molar-refractivity contribution in [3.63, 3.8) is 0 Å². The molecule has 0 aromatic rings. The molecule has 0 saturated heterocycles. The summed E-state index contributed by atoms with van der Waals surface area (Å²) in [7, 11) is 0. The van der Waals surface area contributed by atoms with Crippen molar-refractivity contribution < 1.29 is 77.6 Å². The smallest absolute Gasteiger partial charge is 2.00 e. The van der Waals surface area contributed by atoms with E-state index in [2.05, 4.69) is 0 Å². The Morgan fingerprint density at radius 3 is 0.333 bits per heavy atom. The molecule has 0 heterocycles. The molecule has 0 spiro atoms. The fourth-order valence-corrected chi connectivity index (χ4v) is 0. The van der Waals surface area contributed by atoms with E-state index in [1.807, 2.05) is 0 Å². The summed E-state index contributed by atoms with van der Waals surface area (Å²) in [6.07, 6.45) is 0. The van der Waals surface area contributed by atoms with Crippen LogP contribution in [-0.4, -0.2) is 48.9 Å². The molecule has 6 nitrogen and oxygen atoms in total. The third-order valence-electron chi connectivity index (χ3n) is 0. The molecule has 9 heteroatoms. The van der Waals surface area contributed by atoms with Crippen molar-refractivity contribution in [1.82, 2.24) is 0 Å². The van der Waals surface area contributed by atoms with Gasteiger partial charge < -0.3 is 32.9 Å². The van der Waals surface area contributed by atoms with Gasteiger partial charge >= 0.3 is 93.6 Å². The standard InChI is InChI=1S/Ba.2Nb.6O/q+2;2*+5;6*-2. The Bertz CT molecular complexity index is 11.0. The first-order valence-corrected chi connectivity index (χ1v) is 0. The number of hydrogen-bond donors (Lipinski definition) is 0. The SMILES string of the molecule is [Ba+2].[Nb+5].[Nb+5].[O-2].[O-2].[O-2].[O-2].[O-2].[O-2]. The van der Waals surface area contributed by atoms with E-state index in [0.29, 0.717) is 0 Å². The van der Waals surface area contributed by atoms with Crippen LogP contribution in [0, 0.1) is 0 Å². The molecule has 0 bridgehead atoms. The van der Waals surface area contributed by atoms with E-state index in [4.69, 9.17) is 0 Å². The molecule has 0 radical (unpaired) electrons. The number of hydrogen-bond acceptors (Lipinski definition) is 0. The van der Waals surface area contributed by atoms with Crippen molar-refractivity contribution in [3.8, 4) is 0 Å².